The van der Waals surface area contributed by atoms with Crippen molar-refractivity contribution in [2.45, 2.75) is 13.2 Å². The lowest BCUT2D eigenvalue weighted by atomic mass is 10.2. The maximum absolute atomic E-state index is 13.7. The third-order valence-corrected chi connectivity index (χ3v) is 2.85. The van der Waals surface area contributed by atoms with E-state index >= 15 is 0 Å². The van der Waals surface area contributed by atoms with Crippen LogP contribution in [0.2, 0.25) is 0 Å². The van der Waals surface area contributed by atoms with Gasteiger partial charge < -0.3 is 15.2 Å². The molecule has 6 heteroatoms. The molecule has 2 N–H and O–H groups in total. The van der Waals surface area contributed by atoms with Gasteiger partial charge in [0.2, 0.25) is 0 Å². The van der Waals surface area contributed by atoms with E-state index in [0.29, 0.717) is 16.8 Å². The number of hydrogen-bond donors (Lipinski definition) is 1. The first-order valence-corrected chi connectivity index (χ1v) is 6.28. The van der Waals surface area contributed by atoms with E-state index in [1.54, 1.807) is 18.2 Å². The summed E-state index contributed by atoms with van der Waals surface area (Å²) in [4.78, 5) is 15.3. The van der Waals surface area contributed by atoms with E-state index in [1.165, 1.54) is 25.4 Å². The van der Waals surface area contributed by atoms with Gasteiger partial charge in [-0.25, -0.2) is 9.18 Å². The summed E-state index contributed by atoms with van der Waals surface area (Å²) in [5, 5.41) is 0. The van der Waals surface area contributed by atoms with Crippen molar-refractivity contribution < 1.29 is 18.7 Å². The van der Waals surface area contributed by atoms with Crippen LogP contribution < -0.4 is 10.5 Å². The second-order valence-electron chi connectivity index (χ2n) is 4.29. The average Bonchev–Trinajstić information content (AvgIpc) is 2.53. The highest BCUT2D eigenvalue weighted by molar-refractivity contribution is 5.88. The summed E-state index contributed by atoms with van der Waals surface area (Å²) < 4.78 is 23.6. The molecule has 0 atom stereocenters. The number of methoxy groups -OCH3 is 1. The van der Waals surface area contributed by atoms with Gasteiger partial charge in [-0.15, -0.1) is 0 Å². The number of carbonyl (C=O) groups is 1. The molecule has 0 aliphatic heterocycles. The molecule has 0 radical (unpaired) electrons. The maximum Gasteiger partial charge on any atom is 0.339 e. The number of benzene rings is 1. The monoisotopic (exact) mass is 290 g/mol. The quantitative estimate of drug-likeness (QED) is 0.853. The van der Waals surface area contributed by atoms with Crippen LogP contribution in [-0.4, -0.2) is 18.1 Å². The average molecular weight is 290 g/mol. The molecule has 0 saturated heterocycles. The van der Waals surface area contributed by atoms with Crippen molar-refractivity contribution in [1.82, 2.24) is 4.98 Å². The zero-order chi connectivity index (χ0) is 15.2. The smallest absolute Gasteiger partial charge is 0.339 e. The number of ether oxygens (including phenoxy) is 2. The molecular formula is C15H15FN2O3. The van der Waals surface area contributed by atoms with Gasteiger partial charge >= 0.3 is 5.97 Å². The molecule has 0 saturated carbocycles. The number of esters is 1. The van der Waals surface area contributed by atoms with E-state index in [9.17, 15) is 9.18 Å². The topological polar surface area (TPSA) is 74.4 Å². The molecule has 110 valence electrons. The molecule has 1 aromatic carbocycles. The zero-order valence-corrected chi connectivity index (χ0v) is 11.5. The highest BCUT2D eigenvalue weighted by atomic mass is 19.1. The van der Waals surface area contributed by atoms with E-state index in [-0.39, 0.29) is 18.9 Å². The standard InChI is InChI=1S/C15H15FN2O3/c1-20-15(19)11-3-4-12(18-8-11)9-21-14-5-2-10(7-17)6-13(14)16/h2-6,8H,7,9,17H2,1H3. The number of nitrogens with zero attached hydrogens (tertiary/aromatic N) is 1. The van der Waals surface area contributed by atoms with Crippen LogP contribution in [0.15, 0.2) is 36.5 Å². The Morgan fingerprint density at radius 1 is 1.33 bits per heavy atom. The van der Waals surface area contributed by atoms with E-state index in [0.717, 1.165) is 0 Å². The van der Waals surface area contributed by atoms with Crippen LogP contribution in [0.4, 0.5) is 4.39 Å². The van der Waals surface area contributed by atoms with Crippen LogP contribution in [0.25, 0.3) is 0 Å². The Kier molecular flexibility index (Phi) is 4.84. The Bertz CT molecular complexity index is 629. The van der Waals surface area contributed by atoms with Gasteiger partial charge in [0, 0.05) is 12.7 Å². The summed E-state index contributed by atoms with van der Waals surface area (Å²) >= 11 is 0. The molecule has 21 heavy (non-hydrogen) atoms. The summed E-state index contributed by atoms with van der Waals surface area (Å²) in [6.07, 6.45) is 1.39. The Balaban J connectivity index is 2.01. The van der Waals surface area contributed by atoms with E-state index in [2.05, 4.69) is 9.72 Å². The predicted molar refractivity (Wildman–Crippen MR) is 74.2 cm³/mol. The summed E-state index contributed by atoms with van der Waals surface area (Å²) in [6.45, 7) is 0.369. The molecule has 0 bridgehead atoms. The first-order valence-electron chi connectivity index (χ1n) is 6.28. The Morgan fingerprint density at radius 3 is 2.71 bits per heavy atom. The minimum atomic E-state index is -0.468. The molecule has 0 spiro atoms. The highest BCUT2D eigenvalue weighted by Gasteiger charge is 2.07. The number of halogens is 1. The molecular weight excluding hydrogens is 275 g/mol. The van der Waals surface area contributed by atoms with Crippen LogP contribution >= 0.6 is 0 Å². The molecule has 0 unspecified atom stereocenters. The van der Waals surface area contributed by atoms with E-state index in [4.69, 9.17) is 10.5 Å². The molecule has 2 rings (SSSR count). The second kappa shape index (κ2) is 6.81. The fourth-order valence-corrected chi connectivity index (χ4v) is 1.69. The number of aromatic nitrogens is 1. The maximum atomic E-state index is 13.7. The van der Waals surface area contributed by atoms with Crippen molar-refractivity contribution in [2.75, 3.05) is 7.11 Å². The second-order valence-corrected chi connectivity index (χ2v) is 4.29. The van der Waals surface area contributed by atoms with Crippen LogP contribution in [0, 0.1) is 5.82 Å². The molecule has 0 aliphatic carbocycles. The van der Waals surface area contributed by atoms with Gasteiger partial charge in [-0.3, -0.25) is 4.98 Å². The van der Waals surface area contributed by atoms with Crippen LogP contribution in [0.1, 0.15) is 21.6 Å². The van der Waals surface area contributed by atoms with Crippen LogP contribution in [0.3, 0.4) is 0 Å². The van der Waals surface area contributed by atoms with Crippen molar-refractivity contribution in [1.29, 1.82) is 0 Å². The summed E-state index contributed by atoms with van der Waals surface area (Å²) in [6, 6.07) is 7.76. The third-order valence-electron chi connectivity index (χ3n) is 2.85. The molecule has 0 amide bonds. The summed E-state index contributed by atoms with van der Waals surface area (Å²) in [5.74, 6) is -0.798. The van der Waals surface area contributed by atoms with E-state index in [1.807, 2.05) is 0 Å². The van der Waals surface area contributed by atoms with Crippen LogP contribution in [0.5, 0.6) is 5.75 Å². The Morgan fingerprint density at radius 2 is 2.14 bits per heavy atom. The van der Waals surface area contributed by atoms with Gasteiger partial charge in [0.15, 0.2) is 11.6 Å². The van der Waals surface area contributed by atoms with Gasteiger partial charge in [-0.1, -0.05) is 6.07 Å². The van der Waals surface area contributed by atoms with Crippen molar-refractivity contribution in [3.63, 3.8) is 0 Å². The SMILES string of the molecule is COC(=O)c1ccc(COc2ccc(CN)cc2F)nc1. The number of pyridine rings is 1. The van der Waals surface area contributed by atoms with Crippen LogP contribution in [-0.2, 0) is 17.9 Å². The molecule has 0 aliphatic rings. The Labute approximate surface area is 121 Å². The fourth-order valence-electron chi connectivity index (χ4n) is 1.69. The molecule has 0 fully saturated rings. The van der Waals surface area contributed by atoms with Crippen molar-refractivity contribution in [3.8, 4) is 5.75 Å². The third kappa shape index (κ3) is 3.76. The van der Waals surface area contributed by atoms with Gasteiger partial charge in [0.1, 0.15) is 6.61 Å². The first kappa shape index (κ1) is 14.9. The summed E-state index contributed by atoms with van der Waals surface area (Å²) in [5.41, 5.74) is 7.04. The minimum absolute atomic E-state index is 0.0976. The number of nitrogens with two attached hydrogens (primary N) is 1. The largest absolute Gasteiger partial charge is 0.484 e. The van der Waals surface area contributed by atoms with Gasteiger partial charge in [-0.2, -0.15) is 0 Å². The van der Waals surface area contributed by atoms with Crippen molar-refractivity contribution >= 4 is 5.97 Å². The van der Waals surface area contributed by atoms with Gasteiger partial charge in [-0.05, 0) is 29.8 Å². The summed E-state index contributed by atoms with van der Waals surface area (Å²) in [7, 11) is 1.30. The van der Waals surface area contributed by atoms with Gasteiger partial charge in [0.25, 0.3) is 0 Å². The molecule has 1 aromatic heterocycles. The van der Waals surface area contributed by atoms with Gasteiger partial charge in [0.05, 0.1) is 18.4 Å². The first-order chi connectivity index (χ1) is 10.1. The van der Waals surface area contributed by atoms with E-state index < -0.39 is 11.8 Å². The fraction of sp³-hybridized carbons (Fsp3) is 0.200. The lowest BCUT2D eigenvalue weighted by molar-refractivity contribution is 0.0600. The zero-order valence-electron chi connectivity index (χ0n) is 11.5. The highest BCUT2D eigenvalue weighted by Crippen LogP contribution is 2.19. The molecule has 2 aromatic rings. The van der Waals surface area contributed by atoms with Crippen molar-refractivity contribution in [2.24, 2.45) is 5.73 Å². The molecule has 5 nitrogen and oxygen atoms in total. The predicted octanol–water partition coefficient (Wildman–Crippen LogP) is 2.04. The lowest BCUT2D eigenvalue weighted by Crippen LogP contribution is -2.05. The minimum Gasteiger partial charge on any atom is -0.484 e. The Hall–Kier alpha value is -2.47. The normalized spacial score (nSPS) is 10.2. The molecule has 1 heterocycles. The number of carbonyl (C=O) groups excluding carboxylic acids is 1. The lowest BCUT2D eigenvalue weighted by Gasteiger charge is -2.08. The van der Waals surface area contributed by atoms with Crippen molar-refractivity contribution in [3.05, 3.63) is 59.2 Å². The number of rotatable bonds is 5. The number of hydrogen-bond acceptors (Lipinski definition) is 5.